The van der Waals surface area contributed by atoms with E-state index in [0.29, 0.717) is 26.2 Å². The van der Waals surface area contributed by atoms with Crippen LogP contribution in [0, 0.1) is 5.92 Å². The first-order valence-electron chi connectivity index (χ1n) is 8.39. The van der Waals surface area contributed by atoms with Gasteiger partial charge in [-0.15, -0.1) is 0 Å². The molecule has 0 aliphatic carbocycles. The highest BCUT2D eigenvalue weighted by atomic mass is 16.4. The number of carbonyl (C=O) groups is 3. The van der Waals surface area contributed by atoms with Gasteiger partial charge in [-0.2, -0.15) is 0 Å². The summed E-state index contributed by atoms with van der Waals surface area (Å²) >= 11 is 0. The first-order chi connectivity index (χ1) is 11.5. The lowest BCUT2D eigenvalue weighted by Crippen LogP contribution is -2.52. The number of hydrogen-bond donors (Lipinski definition) is 1. The molecule has 0 atom stereocenters. The van der Waals surface area contributed by atoms with E-state index in [-0.39, 0.29) is 28.9 Å². The van der Waals surface area contributed by atoms with E-state index in [0.717, 1.165) is 12.8 Å². The minimum absolute atomic E-state index is 0.0121. The van der Waals surface area contributed by atoms with Crippen LogP contribution in [0.2, 0.25) is 0 Å². The number of nitrogens with zero attached hydrogens (tertiary/aromatic N) is 2. The molecule has 0 spiro atoms. The third kappa shape index (κ3) is 3.75. The van der Waals surface area contributed by atoms with E-state index >= 15 is 0 Å². The van der Waals surface area contributed by atoms with Crippen LogP contribution < -0.4 is 0 Å². The van der Waals surface area contributed by atoms with Crippen molar-refractivity contribution in [2.24, 2.45) is 5.92 Å². The minimum Gasteiger partial charge on any atom is -0.478 e. The molecule has 1 aliphatic rings. The Labute approximate surface area is 142 Å². The van der Waals surface area contributed by atoms with Gasteiger partial charge in [-0.05, 0) is 25.0 Å². The number of carboxylic acids is 1. The van der Waals surface area contributed by atoms with E-state index in [1.165, 1.54) is 12.1 Å². The van der Waals surface area contributed by atoms with E-state index in [1.54, 1.807) is 17.0 Å². The molecule has 0 radical (unpaired) electrons. The van der Waals surface area contributed by atoms with E-state index in [9.17, 15) is 19.5 Å². The number of hydrogen-bond acceptors (Lipinski definition) is 3. The fourth-order valence-electron chi connectivity index (χ4n) is 3.05. The Hall–Kier alpha value is -2.37. The van der Waals surface area contributed by atoms with Crippen LogP contribution in [0.4, 0.5) is 0 Å². The third-order valence-electron chi connectivity index (χ3n) is 4.60. The third-order valence-corrected chi connectivity index (χ3v) is 4.60. The number of benzene rings is 1. The molecule has 1 heterocycles. The molecule has 1 fully saturated rings. The molecule has 24 heavy (non-hydrogen) atoms. The molecule has 1 saturated heterocycles. The van der Waals surface area contributed by atoms with Gasteiger partial charge >= 0.3 is 5.97 Å². The van der Waals surface area contributed by atoms with Gasteiger partial charge in [0.2, 0.25) is 5.91 Å². The summed E-state index contributed by atoms with van der Waals surface area (Å²) in [5, 5.41) is 9.22. The molecule has 130 valence electrons. The zero-order valence-electron chi connectivity index (χ0n) is 14.2. The van der Waals surface area contributed by atoms with Gasteiger partial charge < -0.3 is 14.9 Å². The molecule has 0 aromatic heterocycles. The van der Waals surface area contributed by atoms with Crippen molar-refractivity contribution in [1.29, 1.82) is 0 Å². The molecule has 0 saturated carbocycles. The molecule has 0 bridgehead atoms. The maximum absolute atomic E-state index is 12.6. The van der Waals surface area contributed by atoms with Gasteiger partial charge in [0, 0.05) is 32.1 Å². The Morgan fingerprint density at radius 1 is 0.958 bits per heavy atom. The molecule has 1 aliphatic heterocycles. The summed E-state index contributed by atoms with van der Waals surface area (Å²) in [6, 6.07) is 6.23. The predicted octanol–water partition coefficient (Wildman–Crippen LogP) is 2.11. The highest BCUT2D eigenvalue weighted by Crippen LogP contribution is 2.17. The Bertz CT molecular complexity index is 617. The maximum atomic E-state index is 12.6. The maximum Gasteiger partial charge on any atom is 0.336 e. The van der Waals surface area contributed by atoms with Crippen molar-refractivity contribution < 1.29 is 19.5 Å². The second kappa shape index (κ2) is 7.95. The molecule has 1 aromatic carbocycles. The molecule has 6 heteroatoms. The van der Waals surface area contributed by atoms with Crippen LogP contribution >= 0.6 is 0 Å². The molecule has 0 unspecified atom stereocenters. The average Bonchev–Trinajstić information content (AvgIpc) is 2.62. The SMILES string of the molecule is CCC(CC)C(=O)N1CCN(C(=O)c2ccccc2C(=O)O)CC1. The van der Waals surface area contributed by atoms with Crippen molar-refractivity contribution >= 4 is 17.8 Å². The molecular formula is C18H24N2O4. The molecule has 1 N–H and O–H groups in total. The molecular weight excluding hydrogens is 308 g/mol. The lowest BCUT2D eigenvalue weighted by atomic mass is 10.0. The van der Waals surface area contributed by atoms with Gasteiger partial charge in [0.25, 0.3) is 5.91 Å². The van der Waals surface area contributed by atoms with Gasteiger partial charge in [0.15, 0.2) is 0 Å². The number of piperazine rings is 1. The van der Waals surface area contributed by atoms with Crippen molar-refractivity contribution in [3.8, 4) is 0 Å². The Morgan fingerprint density at radius 3 is 1.96 bits per heavy atom. The summed E-state index contributed by atoms with van der Waals surface area (Å²) in [7, 11) is 0. The van der Waals surface area contributed by atoms with Gasteiger partial charge in [-0.3, -0.25) is 9.59 Å². The second-order valence-corrected chi connectivity index (χ2v) is 5.98. The smallest absolute Gasteiger partial charge is 0.336 e. The van der Waals surface area contributed by atoms with E-state index in [1.807, 2.05) is 18.7 Å². The normalized spacial score (nSPS) is 14.8. The first kappa shape index (κ1) is 18.0. The van der Waals surface area contributed by atoms with Crippen molar-refractivity contribution in [2.45, 2.75) is 26.7 Å². The van der Waals surface area contributed by atoms with Crippen molar-refractivity contribution in [1.82, 2.24) is 9.80 Å². The summed E-state index contributed by atoms with van der Waals surface area (Å²) in [6.45, 7) is 5.87. The largest absolute Gasteiger partial charge is 0.478 e. The summed E-state index contributed by atoms with van der Waals surface area (Å²) in [4.78, 5) is 39.7. The number of carbonyl (C=O) groups excluding carboxylic acids is 2. The van der Waals surface area contributed by atoms with Crippen LogP contribution in [-0.4, -0.2) is 58.9 Å². The topological polar surface area (TPSA) is 77.9 Å². The lowest BCUT2D eigenvalue weighted by Gasteiger charge is -2.36. The first-order valence-corrected chi connectivity index (χ1v) is 8.39. The highest BCUT2D eigenvalue weighted by Gasteiger charge is 2.29. The van der Waals surface area contributed by atoms with Crippen LogP contribution in [-0.2, 0) is 4.79 Å². The Balaban J connectivity index is 2.04. The highest BCUT2D eigenvalue weighted by molar-refractivity contribution is 6.04. The zero-order valence-corrected chi connectivity index (χ0v) is 14.2. The number of rotatable bonds is 5. The lowest BCUT2D eigenvalue weighted by molar-refractivity contribution is -0.137. The molecule has 2 amide bonds. The van der Waals surface area contributed by atoms with E-state index in [4.69, 9.17) is 0 Å². The summed E-state index contributed by atoms with van der Waals surface area (Å²) in [6.07, 6.45) is 1.64. The Morgan fingerprint density at radius 2 is 1.46 bits per heavy atom. The number of aromatic carboxylic acids is 1. The average molecular weight is 332 g/mol. The minimum atomic E-state index is -1.11. The van der Waals surface area contributed by atoms with Crippen LogP contribution in [0.5, 0.6) is 0 Å². The predicted molar refractivity (Wildman–Crippen MR) is 90.0 cm³/mol. The molecule has 2 rings (SSSR count). The standard InChI is InChI=1S/C18H24N2O4/c1-3-13(4-2)16(21)19-9-11-20(12-10-19)17(22)14-7-5-6-8-15(14)18(23)24/h5-8,13H,3-4,9-12H2,1-2H3,(H,23,24). The van der Waals surface area contributed by atoms with Crippen LogP contribution in [0.25, 0.3) is 0 Å². The number of amides is 2. The number of carboxylic acid groups (broad SMARTS) is 1. The van der Waals surface area contributed by atoms with E-state index in [2.05, 4.69) is 0 Å². The van der Waals surface area contributed by atoms with Crippen LogP contribution in [0.15, 0.2) is 24.3 Å². The van der Waals surface area contributed by atoms with Gasteiger partial charge in [-0.25, -0.2) is 4.79 Å². The van der Waals surface area contributed by atoms with Gasteiger partial charge in [0.1, 0.15) is 0 Å². The molecule has 1 aromatic rings. The molecule has 6 nitrogen and oxygen atoms in total. The van der Waals surface area contributed by atoms with Gasteiger partial charge in [0.05, 0.1) is 11.1 Å². The second-order valence-electron chi connectivity index (χ2n) is 5.98. The fourth-order valence-corrected chi connectivity index (χ4v) is 3.05. The fraction of sp³-hybridized carbons (Fsp3) is 0.500. The summed E-state index contributed by atoms with van der Waals surface area (Å²) in [5.74, 6) is -1.21. The van der Waals surface area contributed by atoms with E-state index < -0.39 is 5.97 Å². The Kier molecular flexibility index (Phi) is 5.95. The van der Waals surface area contributed by atoms with Crippen molar-refractivity contribution in [3.63, 3.8) is 0 Å². The monoisotopic (exact) mass is 332 g/mol. The summed E-state index contributed by atoms with van der Waals surface area (Å²) in [5.41, 5.74) is 0.211. The van der Waals surface area contributed by atoms with Crippen LogP contribution in [0.1, 0.15) is 47.4 Å². The van der Waals surface area contributed by atoms with Crippen molar-refractivity contribution in [3.05, 3.63) is 35.4 Å². The van der Waals surface area contributed by atoms with Crippen LogP contribution in [0.3, 0.4) is 0 Å². The quantitative estimate of drug-likeness (QED) is 0.896. The zero-order chi connectivity index (χ0) is 17.7. The van der Waals surface area contributed by atoms with Gasteiger partial charge in [-0.1, -0.05) is 26.0 Å². The summed E-state index contributed by atoms with van der Waals surface area (Å²) < 4.78 is 0. The van der Waals surface area contributed by atoms with Crippen molar-refractivity contribution in [2.75, 3.05) is 26.2 Å².